The van der Waals surface area contributed by atoms with Crippen LogP contribution in [-0.4, -0.2) is 36.5 Å². The Hall–Kier alpha value is -2.04. The number of likely N-dealkylation sites (N-methyl/N-ethyl adjacent to an activating group) is 1. The maximum absolute atomic E-state index is 11.5. The van der Waals surface area contributed by atoms with Gasteiger partial charge >= 0.3 is 6.09 Å². The number of amides is 2. The fraction of sp³-hybridized carbons (Fsp3) is 0.333. The summed E-state index contributed by atoms with van der Waals surface area (Å²) in [4.78, 5) is 24.1. The first-order valence-electron chi connectivity index (χ1n) is 5.41. The zero-order chi connectivity index (χ0) is 12.3. The number of carbonyl (C=O) groups is 2. The molecule has 0 aliphatic carbocycles. The molecule has 1 fully saturated rings. The Morgan fingerprint density at radius 1 is 1.41 bits per heavy atom. The Morgan fingerprint density at radius 3 is 2.76 bits per heavy atom. The predicted molar refractivity (Wildman–Crippen MR) is 61.2 cm³/mol. The Balaban J connectivity index is 1.78. The third-order valence-electron chi connectivity index (χ3n) is 2.60. The van der Waals surface area contributed by atoms with Crippen LogP contribution in [0, 0.1) is 0 Å². The summed E-state index contributed by atoms with van der Waals surface area (Å²) in [6, 6.07) is 9.07. The van der Waals surface area contributed by atoms with Gasteiger partial charge in [0.1, 0.15) is 12.6 Å². The van der Waals surface area contributed by atoms with Gasteiger partial charge in [0, 0.05) is 7.05 Å². The van der Waals surface area contributed by atoms with Crippen LogP contribution in [0.15, 0.2) is 30.3 Å². The topological polar surface area (TPSA) is 58.4 Å². The van der Waals surface area contributed by atoms with Crippen LogP contribution in [0.4, 0.5) is 4.79 Å². The first-order valence-corrected chi connectivity index (χ1v) is 5.41. The Bertz CT molecular complexity index is 419. The number of nitrogens with one attached hydrogen (secondary N) is 1. The highest BCUT2D eigenvalue weighted by atomic mass is 16.6. The minimum absolute atomic E-state index is 0.151. The lowest BCUT2D eigenvalue weighted by Gasteiger charge is -2.06. The highest BCUT2D eigenvalue weighted by Gasteiger charge is 2.44. The van der Waals surface area contributed by atoms with E-state index in [9.17, 15) is 9.59 Å². The number of nitrogens with zero attached hydrogens (tertiary/aromatic N) is 1. The number of ether oxygens (including phenoxy) is 1. The maximum atomic E-state index is 11.5. The lowest BCUT2D eigenvalue weighted by molar-refractivity contribution is -0.120. The van der Waals surface area contributed by atoms with Gasteiger partial charge in [-0.1, -0.05) is 30.3 Å². The summed E-state index contributed by atoms with van der Waals surface area (Å²) in [7, 11) is 1.55. The van der Waals surface area contributed by atoms with Crippen molar-refractivity contribution in [1.29, 1.82) is 0 Å². The monoisotopic (exact) mass is 234 g/mol. The van der Waals surface area contributed by atoms with E-state index in [1.54, 1.807) is 7.05 Å². The minimum atomic E-state index is -0.442. The van der Waals surface area contributed by atoms with Crippen molar-refractivity contribution in [3.8, 4) is 0 Å². The van der Waals surface area contributed by atoms with E-state index in [1.807, 2.05) is 30.3 Å². The molecule has 0 saturated carbocycles. The fourth-order valence-corrected chi connectivity index (χ4v) is 1.53. The van der Waals surface area contributed by atoms with Crippen LogP contribution in [0.25, 0.3) is 0 Å². The Labute approximate surface area is 99.4 Å². The summed E-state index contributed by atoms with van der Waals surface area (Å²) in [6.45, 7) is 0.671. The molecule has 1 atom stereocenters. The number of hydrogen-bond acceptors (Lipinski definition) is 3. The van der Waals surface area contributed by atoms with Gasteiger partial charge < -0.3 is 10.1 Å². The predicted octanol–water partition coefficient (Wildman–Crippen LogP) is 0.753. The van der Waals surface area contributed by atoms with E-state index >= 15 is 0 Å². The van der Waals surface area contributed by atoms with Gasteiger partial charge in [0.25, 0.3) is 0 Å². The first-order chi connectivity index (χ1) is 8.22. The van der Waals surface area contributed by atoms with Crippen molar-refractivity contribution in [2.24, 2.45) is 0 Å². The standard InChI is InChI=1S/C12H14N2O3/c1-13-11(15)10-7-14(10)12(16)17-8-9-5-3-2-4-6-9/h2-6,10H,7-8H2,1H3,(H,13,15)/t10-,14?/m1/s1. The average Bonchev–Trinajstić information content (AvgIpc) is 3.16. The molecule has 2 amide bonds. The second-order valence-corrected chi connectivity index (χ2v) is 3.82. The van der Waals surface area contributed by atoms with Crippen molar-refractivity contribution in [1.82, 2.24) is 10.2 Å². The lowest BCUT2D eigenvalue weighted by Crippen LogP contribution is -2.28. The molecular weight excluding hydrogens is 220 g/mol. The molecule has 17 heavy (non-hydrogen) atoms. The molecule has 2 rings (SSSR count). The van der Waals surface area contributed by atoms with Crippen molar-refractivity contribution in [3.63, 3.8) is 0 Å². The van der Waals surface area contributed by atoms with E-state index in [0.29, 0.717) is 6.54 Å². The van der Waals surface area contributed by atoms with Crippen LogP contribution < -0.4 is 5.32 Å². The molecule has 0 aromatic heterocycles. The molecule has 0 spiro atoms. The maximum Gasteiger partial charge on any atom is 0.410 e. The van der Waals surface area contributed by atoms with Gasteiger partial charge in [-0.2, -0.15) is 0 Å². The minimum Gasteiger partial charge on any atom is -0.445 e. The molecule has 1 N–H and O–H groups in total. The summed E-state index contributed by atoms with van der Waals surface area (Å²) >= 11 is 0. The molecule has 0 unspecified atom stereocenters. The van der Waals surface area contributed by atoms with Gasteiger partial charge in [-0.15, -0.1) is 0 Å². The second-order valence-electron chi connectivity index (χ2n) is 3.82. The van der Waals surface area contributed by atoms with Crippen LogP contribution in [-0.2, 0) is 16.1 Å². The van der Waals surface area contributed by atoms with Gasteiger partial charge in [0.15, 0.2) is 0 Å². The molecule has 1 aliphatic rings. The fourth-order valence-electron chi connectivity index (χ4n) is 1.53. The molecule has 0 bridgehead atoms. The van der Waals surface area contributed by atoms with E-state index in [2.05, 4.69) is 5.32 Å². The van der Waals surface area contributed by atoms with Crippen LogP contribution in [0.3, 0.4) is 0 Å². The average molecular weight is 234 g/mol. The summed E-state index contributed by atoms with van der Waals surface area (Å²) in [5.41, 5.74) is 0.930. The largest absolute Gasteiger partial charge is 0.445 e. The zero-order valence-corrected chi connectivity index (χ0v) is 9.55. The van der Waals surface area contributed by atoms with E-state index in [0.717, 1.165) is 5.56 Å². The number of carbonyl (C=O) groups excluding carboxylic acids is 2. The van der Waals surface area contributed by atoms with E-state index in [4.69, 9.17) is 4.74 Å². The SMILES string of the molecule is CNC(=O)[C@H]1CN1C(=O)OCc1ccccc1. The van der Waals surface area contributed by atoms with Crippen LogP contribution in [0.1, 0.15) is 5.56 Å². The molecule has 5 heteroatoms. The molecule has 1 saturated heterocycles. The van der Waals surface area contributed by atoms with E-state index in [1.165, 1.54) is 4.90 Å². The van der Waals surface area contributed by atoms with Crippen LogP contribution in [0.5, 0.6) is 0 Å². The normalized spacial score (nSPS) is 17.5. The first kappa shape index (κ1) is 11.4. The van der Waals surface area contributed by atoms with Gasteiger partial charge in [0.2, 0.25) is 5.91 Å². The molecule has 1 aromatic carbocycles. The zero-order valence-electron chi connectivity index (χ0n) is 9.55. The van der Waals surface area contributed by atoms with Gasteiger partial charge in [-0.3, -0.25) is 9.69 Å². The third kappa shape index (κ3) is 2.75. The highest BCUT2D eigenvalue weighted by Crippen LogP contribution is 2.19. The van der Waals surface area contributed by atoms with Crippen molar-refractivity contribution < 1.29 is 14.3 Å². The molecule has 1 aliphatic heterocycles. The number of hydrogen-bond donors (Lipinski definition) is 1. The van der Waals surface area contributed by atoms with Gasteiger partial charge in [-0.25, -0.2) is 4.79 Å². The quantitative estimate of drug-likeness (QED) is 0.785. The second kappa shape index (κ2) is 4.86. The number of rotatable bonds is 3. The smallest absolute Gasteiger partial charge is 0.410 e. The molecular formula is C12H14N2O3. The lowest BCUT2D eigenvalue weighted by atomic mass is 10.2. The van der Waals surface area contributed by atoms with Gasteiger partial charge in [0.05, 0.1) is 6.54 Å². The van der Waals surface area contributed by atoms with E-state index in [-0.39, 0.29) is 18.6 Å². The van der Waals surface area contributed by atoms with Crippen molar-refractivity contribution in [2.75, 3.05) is 13.6 Å². The van der Waals surface area contributed by atoms with Crippen LogP contribution >= 0.6 is 0 Å². The van der Waals surface area contributed by atoms with Crippen molar-refractivity contribution in [3.05, 3.63) is 35.9 Å². The van der Waals surface area contributed by atoms with Gasteiger partial charge in [-0.05, 0) is 5.56 Å². The summed E-state index contributed by atoms with van der Waals surface area (Å²) in [5.74, 6) is -0.151. The molecule has 90 valence electrons. The molecule has 1 aromatic rings. The highest BCUT2D eigenvalue weighted by molar-refractivity contribution is 5.90. The Kier molecular flexibility index (Phi) is 3.27. The Morgan fingerprint density at radius 2 is 2.12 bits per heavy atom. The summed E-state index contributed by atoms with van der Waals surface area (Å²) < 4.78 is 5.08. The van der Waals surface area contributed by atoms with Crippen LogP contribution in [0.2, 0.25) is 0 Å². The molecule has 0 radical (unpaired) electrons. The number of benzene rings is 1. The molecule has 1 heterocycles. The summed E-state index contributed by atoms with van der Waals surface area (Å²) in [6.07, 6.45) is -0.442. The van der Waals surface area contributed by atoms with Crippen molar-refractivity contribution in [2.45, 2.75) is 12.6 Å². The van der Waals surface area contributed by atoms with E-state index < -0.39 is 6.09 Å². The summed E-state index contributed by atoms with van der Waals surface area (Å²) in [5, 5.41) is 2.50. The molecule has 5 nitrogen and oxygen atoms in total. The third-order valence-corrected chi connectivity index (χ3v) is 2.60. The van der Waals surface area contributed by atoms with Crippen molar-refractivity contribution >= 4 is 12.0 Å².